The first-order valence-electron chi connectivity index (χ1n) is 9.18. The summed E-state index contributed by atoms with van der Waals surface area (Å²) in [4.78, 5) is 0. The van der Waals surface area contributed by atoms with E-state index in [2.05, 4.69) is 15.8 Å². The van der Waals surface area contributed by atoms with E-state index in [1.807, 2.05) is 63.2 Å². The first-order valence-corrected chi connectivity index (χ1v) is 9.59. The zero-order valence-electron chi connectivity index (χ0n) is 16.7. The summed E-state index contributed by atoms with van der Waals surface area (Å²) >= 11 is 5.29. The maximum Gasteiger partial charge on any atom is 0.187 e. The van der Waals surface area contributed by atoms with Gasteiger partial charge < -0.3 is 19.5 Å². The van der Waals surface area contributed by atoms with Gasteiger partial charge in [0, 0.05) is 12.1 Å². The van der Waals surface area contributed by atoms with Crippen LogP contribution in [0.4, 0.5) is 0 Å². The average Bonchev–Trinajstić information content (AvgIpc) is 2.72. The summed E-state index contributed by atoms with van der Waals surface area (Å²) in [6, 6.07) is 13.6. The summed E-state index contributed by atoms with van der Waals surface area (Å²) in [6.45, 7) is 7.55. The maximum absolute atomic E-state index is 5.66. The fourth-order valence-electron chi connectivity index (χ4n) is 2.44. The average molecular weight is 402 g/mol. The number of ether oxygens (including phenoxy) is 3. The van der Waals surface area contributed by atoms with Crippen LogP contribution in [-0.4, -0.2) is 31.1 Å². The van der Waals surface area contributed by atoms with E-state index in [1.54, 1.807) is 7.11 Å². The molecule has 0 heterocycles. The summed E-state index contributed by atoms with van der Waals surface area (Å²) in [5.74, 6) is 2.26. The van der Waals surface area contributed by atoms with E-state index < -0.39 is 0 Å². The predicted molar refractivity (Wildman–Crippen MR) is 117 cm³/mol. The third-order valence-corrected chi connectivity index (χ3v) is 4.13. The highest BCUT2D eigenvalue weighted by molar-refractivity contribution is 7.80. The first kappa shape index (κ1) is 21.5. The maximum atomic E-state index is 5.66. The van der Waals surface area contributed by atoms with E-state index in [0.29, 0.717) is 30.6 Å². The fourth-order valence-corrected chi connectivity index (χ4v) is 2.56. The van der Waals surface area contributed by atoms with Crippen LogP contribution in [0.15, 0.2) is 47.6 Å². The van der Waals surface area contributed by atoms with Gasteiger partial charge in [-0.15, -0.1) is 0 Å². The number of rotatable bonds is 9. The summed E-state index contributed by atoms with van der Waals surface area (Å²) < 4.78 is 16.4. The molecular formula is C21H27N3O3S. The number of hydrogen-bond donors (Lipinski definition) is 2. The van der Waals surface area contributed by atoms with Gasteiger partial charge >= 0.3 is 0 Å². The molecule has 0 aromatic heterocycles. The standard InChI is InChI=1S/C21H27N3O3S/c1-5-26-19-12-9-17(13-20(19)27-6-2)15(3)23-24-21(28)22-14-16-7-10-18(25-4)11-8-16/h7-13H,5-6,14H2,1-4H3,(H2,22,24,28)/b23-15-. The molecule has 0 saturated heterocycles. The van der Waals surface area contributed by atoms with Crippen LogP contribution < -0.4 is 25.0 Å². The molecule has 0 saturated carbocycles. The van der Waals surface area contributed by atoms with Gasteiger partial charge in [-0.25, -0.2) is 0 Å². The van der Waals surface area contributed by atoms with Gasteiger partial charge in [-0.2, -0.15) is 5.10 Å². The van der Waals surface area contributed by atoms with Crippen LogP contribution in [0.1, 0.15) is 31.9 Å². The highest BCUT2D eigenvalue weighted by Crippen LogP contribution is 2.28. The Balaban J connectivity index is 1.94. The molecule has 0 aliphatic rings. The van der Waals surface area contributed by atoms with E-state index in [1.165, 1.54) is 0 Å². The van der Waals surface area contributed by atoms with Crippen molar-refractivity contribution in [1.29, 1.82) is 0 Å². The molecule has 6 nitrogen and oxygen atoms in total. The van der Waals surface area contributed by atoms with Crippen molar-refractivity contribution >= 4 is 23.0 Å². The molecule has 28 heavy (non-hydrogen) atoms. The minimum atomic E-state index is 0.450. The number of methoxy groups -OCH3 is 1. The van der Waals surface area contributed by atoms with E-state index in [4.69, 9.17) is 26.4 Å². The van der Waals surface area contributed by atoms with Crippen molar-refractivity contribution in [3.63, 3.8) is 0 Å². The van der Waals surface area contributed by atoms with Crippen LogP contribution in [0.2, 0.25) is 0 Å². The minimum Gasteiger partial charge on any atom is -0.497 e. The van der Waals surface area contributed by atoms with Crippen molar-refractivity contribution in [3.05, 3.63) is 53.6 Å². The number of thiocarbonyl (C=S) groups is 1. The molecule has 0 fully saturated rings. The number of nitrogens with zero attached hydrogens (tertiary/aromatic N) is 1. The molecule has 0 radical (unpaired) electrons. The lowest BCUT2D eigenvalue weighted by Gasteiger charge is -2.13. The zero-order chi connectivity index (χ0) is 20.4. The molecule has 0 aliphatic carbocycles. The van der Waals surface area contributed by atoms with Crippen LogP contribution >= 0.6 is 12.2 Å². The highest BCUT2D eigenvalue weighted by atomic mass is 32.1. The number of benzene rings is 2. The summed E-state index contributed by atoms with van der Waals surface area (Å²) in [5, 5.41) is 7.94. The van der Waals surface area contributed by atoms with Gasteiger partial charge in [-0.05, 0) is 68.9 Å². The van der Waals surface area contributed by atoms with Crippen LogP contribution in [0.3, 0.4) is 0 Å². The first-order chi connectivity index (χ1) is 13.6. The molecule has 0 spiro atoms. The van der Waals surface area contributed by atoms with Crippen molar-refractivity contribution in [1.82, 2.24) is 10.7 Å². The highest BCUT2D eigenvalue weighted by Gasteiger charge is 2.08. The lowest BCUT2D eigenvalue weighted by molar-refractivity contribution is 0.287. The molecule has 150 valence electrons. The third kappa shape index (κ3) is 6.42. The van der Waals surface area contributed by atoms with Gasteiger partial charge in [0.15, 0.2) is 16.6 Å². The number of nitrogens with one attached hydrogen (secondary N) is 2. The van der Waals surface area contributed by atoms with Crippen molar-refractivity contribution in [2.75, 3.05) is 20.3 Å². The molecule has 2 aromatic rings. The van der Waals surface area contributed by atoms with E-state index in [-0.39, 0.29) is 0 Å². The quantitative estimate of drug-likeness (QED) is 0.378. The molecule has 0 atom stereocenters. The Morgan fingerprint density at radius 2 is 1.68 bits per heavy atom. The summed E-state index contributed by atoms with van der Waals surface area (Å²) in [5.41, 5.74) is 5.69. The van der Waals surface area contributed by atoms with Gasteiger partial charge in [0.05, 0.1) is 26.0 Å². The number of hydrazone groups is 1. The van der Waals surface area contributed by atoms with Crippen LogP contribution in [0.25, 0.3) is 0 Å². The lowest BCUT2D eigenvalue weighted by Crippen LogP contribution is -2.32. The van der Waals surface area contributed by atoms with E-state index in [9.17, 15) is 0 Å². The number of hydrogen-bond acceptors (Lipinski definition) is 5. The van der Waals surface area contributed by atoms with Crippen LogP contribution in [-0.2, 0) is 6.54 Å². The third-order valence-electron chi connectivity index (χ3n) is 3.90. The Morgan fingerprint density at radius 1 is 1.00 bits per heavy atom. The molecule has 7 heteroatoms. The smallest absolute Gasteiger partial charge is 0.187 e. The normalized spacial score (nSPS) is 10.9. The second-order valence-corrected chi connectivity index (χ2v) is 6.28. The Bertz CT molecular complexity index is 807. The molecule has 2 N–H and O–H groups in total. The van der Waals surface area contributed by atoms with Crippen LogP contribution in [0.5, 0.6) is 17.2 Å². The van der Waals surface area contributed by atoms with Gasteiger partial charge in [0.2, 0.25) is 0 Å². The Kier molecular flexibility index (Phi) is 8.55. The predicted octanol–water partition coefficient (Wildman–Crippen LogP) is 3.88. The monoisotopic (exact) mass is 401 g/mol. The second kappa shape index (κ2) is 11.1. The Labute approximate surface area is 171 Å². The largest absolute Gasteiger partial charge is 0.497 e. The molecule has 2 rings (SSSR count). The van der Waals surface area contributed by atoms with Crippen molar-refractivity contribution in [3.8, 4) is 17.2 Å². The minimum absolute atomic E-state index is 0.450. The molecule has 0 bridgehead atoms. The molecule has 0 aliphatic heterocycles. The summed E-state index contributed by atoms with van der Waals surface area (Å²) in [6.07, 6.45) is 0. The Hall–Kier alpha value is -2.80. The SMILES string of the molecule is CCOc1ccc(/C(C)=N\NC(=S)NCc2ccc(OC)cc2)cc1OCC. The van der Waals surface area contributed by atoms with Gasteiger partial charge in [0.25, 0.3) is 0 Å². The molecule has 2 aromatic carbocycles. The van der Waals surface area contributed by atoms with E-state index in [0.717, 1.165) is 28.3 Å². The molecular weight excluding hydrogens is 374 g/mol. The fraction of sp³-hybridized carbons (Fsp3) is 0.333. The van der Waals surface area contributed by atoms with Gasteiger partial charge in [0.1, 0.15) is 5.75 Å². The van der Waals surface area contributed by atoms with Crippen molar-refractivity contribution in [2.45, 2.75) is 27.3 Å². The van der Waals surface area contributed by atoms with Gasteiger partial charge in [-0.3, -0.25) is 5.43 Å². The topological polar surface area (TPSA) is 64.1 Å². The van der Waals surface area contributed by atoms with E-state index >= 15 is 0 Å². The van der Waals surface area contributed by atoms with Crippen molar-refractivity contribution in [2.24, 2.45) is 5.10 Å². The zero-order valence-corrected chi connectivity index (χ0v) is 17.6. The molecule has 0 unspecified atom stereocenters. The second-order valence-electron chi connectivity index (χ2n) is 5.87. The lowest BCUT2D eigenvalue weighted by atomic mass is 10.1. The van der Waals surface area contributed by atoms with Crippen molar-refractivity contribution < 1.29 is 14.2 Å². The van der Waals surface area contributed by atoms with Gasteiger partial charge in [-0.1, -0.05) is 12.1 Å². The Morgan fingerprint density at radius 3 is 2.32 bits per heavy atom. The summed E-state index contributed by atoms with van der Waals surface area (Å²) in [7, 11) is 1.65. The van der Waals surface area contributed by atoms with Crippen LogP contribution in [0, 0.1) is 0 Å². The molecule has 0 amide bonds.